The molecule has 0 aliphatic carbocycles. The molecule has 1 saturated heterocycles. The second-order valence-electron chi connectivity index (χ2n) is 6.44. The number of halogens is 1. The van der Waals surface area contributed by atoms with E-state index in [0.29, 0.717) is 11.8 Å². The fourth-order valence-corrected chi connectivity index (χ4v) is 3.77. The lowest BCUT2D eigenvalue weighted by Crippen LogP contribution is -2.45. The summed E-state index contributed by atoms with van der Waals surface area (Å²) < 4.78 is 0. The van der Waals surface area contributed by atoms with Crippen molar-refractivity contribution in [3.05, 3.63) is 35.9 Å². The molecule has 0 saturated carbocycles. The van der Waals surface area contributed by atoms with Crippen molar-refractivity contribution in [2.75, 3.05) is 51.0 Å². The molecule has 1 N–H and O–H groups in total. The SMILES string of the molecule is CN1CCN(Oc2cc3c(c4ccccc24)[C@H](CCl)CN3)CC1. The molecular weight excluding hydrogens is 310 g/mol. The van der Waals surface area contributed by atoms with Crippen LogP contribution in [0.15, 0.2) is 30.3 Å². The number of fused-ring (bicyclic) bond motifs is 3. The summed E-state index contributed by atoms with van der Waals surface area (Å²) in [5.74, 6) is 1.95. The zero-order chi connectivity index (χ0) is 15.8. The summed E-state index contributed by atoms with van der Waals surface area (Å²) in [6.07, 6.45) is 0. The minimum absolute atomic E-state index is 0.370. The van der Waals surface area contributed by atoms with Gasteiger partial charge >= 0.3 is 0 Å². The van der Waals surface area contributed by atoms with Crippen LogP contribution in [0.1, 0.15) is 11.5 Å². The number of likely N-dealkylation sites (N-methyl/N-ethyl adjacent to an activating group) is 1. The lowest BCUT2D eigenvalue weighted by Gasteiger charge is -2.32. The third-order valence-corrected chi connectivity index (χ3v) is 5.24. The Labute approximate surface area is 141 Å². The van der Waals surface area contributed by atoms with Crippen LogP contribution in [0.25, 0.3) is 10.8 Å². The van der Waals surface area contributed by atoms with Crippen LogP contribution >= 0.6 is 11.6 Å². The Hall–Kier alpha value is -1.49. The summed E-state index contributed by atoms with van der Waals surface area (Å²) >= 11 is 6.16. The summed E-state index contributed by atoms with van der Waals surface area (Å²) in [7, 11) is 2.15. The average molecular weight is 332 g/mol. The number of nitrogens with one attached hydrogen (secondary N) is 1. The van der Waals surface area contributed by atoms with Gasteiger partial charge in [0.05, 0.1) is 0 Å². The highest BCUT2D eigenvalue weighted by Gasteiger charge is 2.26. The van der Waals surface area contributed by atoms with E-state index in [2.05, 4.69) is 52.7 Å². The summed E-state index contributed by atoms with van der Waals surface area (Å²) in [6, 6.07) is 10.6. The fraction of sp³-hybridized carbons (Fsp3) is 0.444. The van der Waals surface area contributed by atoms with Crippen molar-refractivity contribution in [3.8, 4) is 5.75 Å². The predicted molar refractivity (Wildman–Crippen MR) is 95.6 cm³/mol. The molecule has 23 heavy (non-hydrogen) atoms. The lowest BCUT2D eigenvalue weighted by molar-refractivity contribution is -0.0836. The van der Waals surface area contributed by atoms with Gasteiger partial charge in [0.15, 0.2) is 5.75 Å². The number of anilines is 1. The van der Waals surface area contributed by atoms with E-state index in [1.165, 1.54) is 22.0 Å². The van der Waals surface area contributed by atoms with Crippen molar-refractivity contribution in [2.24, 2.45) is 0 Å². The first-order valence-electron chi connectivity index (χ1n) is 8.23. The molecule has 0 bridgehead atoms. The van der Waals surface area contributed by atoms with Crippen LogP contribution in [0.3, 0.4) is 0 Å². The third kappa shape index (κ3) is 2.75. The van der Waals surface area contributed by atoms with Gasteiger partial charge in [-0.2, -0.15) is 0 Å². The van der Waals surface area contributed by atoms with Gasteiger partial charge in [-0.05, 0) is 18.0 Å². The van der Waals surface area contributed by atoms with E-state index in [0.717, 1.165) is 38.5 Å². The predicted octanol–water partition coefficient (Wildman–Crippen LogP) is 3.13. The van der Waals surface area contributed by atoms with Gasteiger partial charge in [0, 0.05) is 61.7 Å². The number of piperazine rings is 1. The number of alkyl halides is 1. The smallest absolute Gasteiger partial charge is 0.157 e. The molecule has 5 heteroatoms. The van der Waals surface area contributed by atoms with Crippen LogP contribution in [0.4, 0.5) is 5.69 Å². The largest absolute Gasteiger partial charge is 0.405 e. The monoisotopic (exact) mass is 331 g/mol. The minimum atomic E-state index is 0.370. The second kappa shape index (κ2) is 6.19. The second-order valence-corrected chi connectivity index (χ2v) is 6.75. The summed E-state index contributed by atoms with van der Waals surface area (Å²) in [5.41, 5.74) is 2.50. The van der Waals surface area contributed by atoms with Crippen molar-refractivity contribution < 1.29 is 4.84 Å². The first-order chi connectivity index (χ1) is 11.3. The average Bonchev–Trinajstić information content (AvgIpc) is 3.00. The van der Waals surface area contributed by atoms with E-state index in [1.807, 2.05) is 0 Å². The maximum atomic E-state index is 6.24. The standard InChI is InChI=1S/C18H22ClN3O/c1-21-6-8-22(9-7-21)23-17-10-16-18(13(11-19)12-20-16)15-5-3-2-4-14(15)17/h2-5,10,13,20H,6-9,11-12H2,1H3/t13-/m1/s1. The molecule has 122 valence electrons. The first-order valence-corrected chi connectivity index (χ1v) is 8.76. The highest BCUT2D eigenvalue weighted by molar-refractivity contribution is 6.18. The van der Waals surface area contributed by atoms with E-state index in [1.54, 1.807) is 0 Å². The number of hydrogen-bond donors (Lipinski definition) is 1. The summed E-state index contributed by atoms with van der Waals surface area (Å²) in [6.45, 7) is 4.84. The Morgan fingerprint density at radius 2 is 1.91 bits per heavy atom. The lowest BCUT2D eigenvalue weighted by atomic mass is 9.95. The maximum absolute atomic E-state index is 6.24. The molecule has 1 fully saturated rings. The van der Waals surface area contributed by atoms with Gasteiger partial charge in [-0.15, -0.1) is 16.7 Å². The molecule has 0 amide bonds. The Kier molecular flexibility index (Phi) is 4.05. The highest BCUT2D eigenvalue weighted by Crippen LogP contribution is 2.42. The molecule has 2 aromatic rings. The van der Waals surface area contributed by atoms with Gasteiger partial charge in [-0.25, -0.2) is 0 Å². The number of hydrogen-bond acceptors (Lipinski definition) is 4. The van der Waals surface area contributed by atoms with Crippen molar-refractivity contribution >= 4 is 28.1 Å². The van der Waals surface area contributed by atoms with Crippen LogP contribution in [0, 0.1) is 0 Å². The van der Waals surface area contributed by atoms with Gasteiger partial charge in [-0.1, -0.05) is 24.3 Å². The van der Waals surface area contributed by atoms with Crippen molar-refractivity contribution in [1.29, 1.82) is 0 Å². The van der Waals surface area contributed by atoms with E-state index in [-0.39, 0.29) is 0 Å². The third-order valence-electron chi connectivity index (χ3n) is 4.87. The molecule has 4 rings (SSSR count). The van der Waals surface area contributed by atoms with Crippen LogP contribution < -0.4 is 10.2 Å². The minimum Gasteiger partial charge on any atom is -0.405 e. The van der Waals surface area contributed by atoms with Gasteiger partial charge < -0.3 is 15.1 Å². The van der Waals surface area contributed by atoms with Crippen molar-refractivity contribution in [3.63, 3.8) is 0 Å². The molecule has 0 unspecified atom stereocenters. The fourth-order valence-electron chi connectivity index (χ4n) is 3.51. The molecular formula is C18H22ClN3O. The first kappa shape index (κ1) is 15.1. The van der Waals surface area contributed by atoms with Gasteiger partial charge in [-0.3, -0.25) is 0 Å². The Morgan fingerprint density at radius 3 is 2.65 bits per heavy atom. The molecule has 0 aromatic heterocycles. The van der Waals surface area contributed by atoms with E-state index >= 15 is 0 Å². The van der Waals surface area contributed by atoms with E-state index in [4.69, 9.17) is 16.4 Å². The van der Waals surface area contributed by atoms with E-state index in [9.17, 15) is 0 Å². The molecule has 1 atom stereocenters. The molecule has 4 nitrogen and oxygen atoms in total. The quantitative estimate of drug-likeness (QED) is 0.875. The molecule has 2 aliphatic heterocycles. The molecule has 2 aliphatic rings. The Bertz CT molecular complexity index is 713. The molecule has 2 heterocycles. The van der Waals surface area contributed by atoms with Gasteiger partial charge in [0.2, 0.25) is 0 Å². The molecule has 0 radical (unpaired) electrons. The number of benzene rings is 2. The van der Waals surface area contributed by atoms with Crippen LogP contribution in [0.5, 0.6) is 5.75 Å². The maximum Gasteiger partial charge on any atom is 0.157 e. The highest BCUT2D eigenvalue weighted by atomic mass is 35.5. The van der Waals surface area contributed by atoms with E-state index < -0.39 is 0 Å². The molecule has 0 spiro atoms. The normalized spacial score (nSPS) is 22.1. The molecule has 2 aromatic carbocycles. The summed E-state index contributed by atoms with van der Waals surface area (Å²) in [4.78, 5) is 8.57. The van der Waals surface area contributed by atoms with Gasteiger partial charge in [0.25, 0.3) is 0 Å². The summed E-state index contributed by atoms with van der Waals surface area (Å²) in [5, 5.41) is 7.98. The topological polar surface area (TPSA) is 27.7 Å². The van der Waals surface area contributed by atoms with Crippen LogP contribution in [-0.4, -0.2) is 55.6 Å². The number of rotatable bonds is 3. The zero-order valence-electron chi connectivity index (χ0n) is 13.4. The van der Waals surface area contributed by atoms with Crippen molar-refractivity contribution in [2.45, 2.75) is 5.92 Å². The zero-order valence-corrected chi connectivity index (χ0v) is 14.1. The van der Waals surface area contributed by atoms with Crippen molar-refractivity contribution in [1.82, 2.24) is 9.96 Å². The Morgan fingerprint density at radius 1 is 1.17 bits per heavy atom. The van der Waals surface area contributed by atoms with Gasteiger partial charge in [0.1, 0.15) is 0 Å². The number of hydroxylamine groups is 2. The van der Waals surface area contributed by atoms with Crippen LogP contribution in [-0.2, 0) is 0 Å². The Balaban J connectivity index is 1.72. The van der Waals surface area contributed by atoms with Crippen LogP contribution in [0.2, 0.25) is 0 Å². The number of nitrogens with zero attached hydrogens (tertiary/aromatic N) is 2.